The number of anilines is 2. The molecule has 1 aromatic carbocycles. The molecule has 168 valence electrons. The smallest absolute Gasteiger partial charge is 0.189 e. The van der Waals surface area contributed by atoms with Crippen molar-refractivity contribution < 1.29 is 14.2 Å². The monoisotopic (exact) mass is 493 g/mol. The van der Waals surface area contributed by atoms with Crippen molar-refractivity contribution in [3.8, 4) is 11.4 Å². The van der Waals surface area contributed by atoms with Gasteiger partial charge < -0.3 is 24.0 Å². The fourth-order valence-corrected chi connectivity index (χ4v) is 3.78. The van der Waals surface area contributed by atoms with Gasteiger partial charge in [-0.3, -0.25) is 0 Å². The topological polar surface area (TPSA) is 90.7 Å². The van der Waals surface area contributed by atoms with Crippen LogP contribution < -0.4 is 14.5 Å². The molecule has 31 heavy (non-hydrogen) atoms. The Labute approximate surface area is 190 Å². The SMILES string of the molecule is COCCN(CCOC)c1nc(C)nc2c1nnn2-c1c(Br)cc(N(C)C)cc1OC. The second kappa shape index (κ2) is 10.2. The predicted molar refractivity (Wildman–Crippen MR) is 124 cm³/mol. The number of benzene rings is 1. The fourth-order valence-electron chi connectivity index (χ4n) is 3.18. The van der Waals surface area contributed by atoms with Crippen LogP contribution in [-0.2, 0) is 9.47 Å². The first-order valence-corrected chi connectivity index (χ1v) is 10.6. The normalized spacial score (nSPS) is 11.2. The Morgan fingerprint density at radius 1 is 1.03 bits per heavy atom. The summed E-state index contributed by atoms with van der Waals surface area (Å²) in [5, 5.41) is 8.83. The summed E-state index contributed by atoms with van der Waals surface area (Å²) in [5.41, 5.74) is 2.91. The van der Waals surface area contributed by atoms with Crippen LogP contribution in [0.15, 0.2) is 16.6 Å². The Kier molecular flexibility index (Phi) is 7.63. The van der Waals surface area contributed by atoms with Crippen molar-refractivity contribution in [3.63, 3.8) is 0 Å². The predicted octanol–water partition coefficient (Wildman–Crippen LogP) is 2.46. The summed E-state index contributed by atoms with van der Waals surface area (Å²) in [7, 11) is 8.93. The summed E-state index contributed by atoms with van der Waals surface area (Å²) in [4.78, 5) is 13.4. The molecule has 0 amide bonds. The summed E-state index contributed by atoms with van der Waals surface area (Å²) in [5.74, 6) is 1.96. The van der Waals surface area contributed by atoms with E-state index in [1.165, 1.54) is 0 Å². The van der Waals surface area contributed by atoms with E-state index < -0.39 is 0 Å². The van der Waals surface area contributed by atoms with Crippen molar-refractivity contribution in [3.05, 3.63) is 22.4 Å². The van der Waals surface area contributed by atoms with E-state index in [0.29, 0.717) is 54.9 Å². The molecule has 0 aliphatic rings. The van der Waals surface area contributed by atoms with Crippen LogP contribution in [0.5, 0.6) is 5.75 Å². The number of rotatable bonds is 10. The first-order chi connectivity index (χ1) is 14.9. The summed E-state index contributed by atoms with van der Waals surface area (Å²) < 4.78 is 18.7. The van der Waals surface area contributed by atoms with Gasteiger partial charge in [0.05, 0.1) is 20.3 Å². The second-order valence-corrected chi connectivity index (χ2v) is 7.97. The van der Waals surface area contributed by atoms with Gasteiger partial charge in [0.25, 0.3) is 0 Å². The number of nitrogens with zero attached hydrogens (tertiary/aromatic N) is 7. The van der Waals surface area contributed by atoms with Gasteiger partial charge in [-0.1, -0.05) is 5.21 Å². The number of halogens is 1. The molecule has 0 aliphatic carbocycles. The highest BCUT2D eigenvalue weighted by Gasteiger charge is 2.22. The van der Waals surface area contributed by atoms with Gasteiger partial charge in [0.15, 0.2) is 17.0 Å². The average Bonchev–Trinajstić information content (AvgIpc) is 3.15. The van der Waals surface area contributed by atoms with Crippen molar-refractivity contribution in [2.24, 2.45) is 0 Å². The average molecular weight is 494 g/mol. The van der Waals surface area contributed by atoms with Crippen LogP contribution in [0.3, 0.4) is 0 Å². The number of methoxy groups -OCH3 is 3. The third-order valence-corrected chi connectivity index (χ3v) is 5.39. The van der Waals surface area contributed by atoms with Gasteiger partial charge in [0.2, 0.25) is 0 Å². The molecular weight excluding hydrogens is 466 g/mol. The number of ether oxygens (including phenoxy) is 3. The second-order valence-electron chi connectivity index (χ2n) is 7.11. The van der Waals surface area contributed by atoms with Gasteiger partial charge in [-0.15, -0.1) is 5.10 Å². The molecule has 11 heteroatoms. The van der Waals surface area contributed by atoms with E-state index in [4.69, 9.17) is 14.2 Å². The Bertz CT molecular complexity index is 1030. The number of hydrogen-bond acceptors (Lipinski definition) is 9. The zero-order valence-corrected chi connectivity index (χ0v) is 20.3. The van der Waals surface area contributed by atoms with E-state index in [2.05, 4.69) is 41.1 Å². The highest BCUT2D eigenvalue weighted by molar-refractivity contribution is 9.10. The molecule has 3 aromatic rings. The van der Waals surface area contributed by atoms with Crippen LogP contribution in [0, 0.1) is 6.92 Å². The van der Waals surface area contributed by atoms with Crippen LogP contribution in [0.1, 0.15) is 5.82 Å². The molecule has 0 aliphatic heterocycles. The van der Waals surface area contributed by atoms with E-state index in [1.807, 2.05) is 38.1 Å². The third-order valence-electron chi connectivity index (χ3n) is 4.79. The number of fused-ring (bicyclic) bond motifs is 1. The first-order valence-electron chi connectivity index (χ1n) is 9.79. The van der Waals surface area contributed by atoms with Crippen molar-refractivity contribution in [1.82, 2.24) is 25.0 Å². The minimum absolute atomic E-state index is 0.549. The van der Waals surface area contributed by atoms with Crippen molar-refractivity contribution in [2.75, 3.05) is 71.5 Å². The minimum atomic E-state index is 0.549. The van der Waals surface area contributed by atoms with Gasteiger partial charge in [0, 0.05) is 57.6 Å². The zero-order chi connectivity index (χ0) is 22.5. The molecule has 0 fully saturated rings. The third kappa shape index (κ3) is 4.89. The molecule has 0 N–H and O–H groups in total. The zero-order valence-electron chi connectivity index (χ0n) is 18.7. The van der Waals surface area contributed by atoms with Crippen molar-refractivity contribution >= 4 is 38.6 Å². The number of hydrogen-bond donors (Lipinski definition) is 0. The largest absolute Gasteiger partial charge is 0.494 e. The maximum absolute atomic E-state index is 5.67. The number of aromatic nitrogens is 5. The highest BCUT2D eigenvalue weighted by atomic mass is 79.9. The van der Waals surface area contributed by atoms with Crippen molar-refractivity contribution in [2.45, 2.75) is 6.92 Å². The highest BCUT2D eigenvalue weighted by Crippen LogP contribution is 2.36. The molecule has 10 nitrogen and oxygen atoms in total. The van der Waals surface area contributed by atoms with E-state index in [9.17, 15) is 0 Å². The Morgan fingerprint density at radius 3 is 2.29 bits per heavy atom. The molecule has 0 spiro atoms. The molecule has 0 unspecified atom stereocenters. The summed E-state index contributed by atoms with van der Waals surface area (Å²) in [6.45, 7) is 4.24. The van der Waals surface area contributed by atoms with E-state index in [1.54, 1.807) is 26.0 Å². The molecule has 2 heterocycles. The minimum Gasteiger partial charge on any atom is -0.494 e. The lowest BCUT2D eigenvalue weighted by molar-refractivity contribution is 0.190. The fraction of sp³-hybridized carbons (Fsp3) is 0.500. The quantitative estimate of drug-likeness (QED) is 0.422. The summed E-state index contributed by atoms with van der Waals surface area (Å²) in [6.07, 6.45) is 0. The molecule has 3 rings (SSSR count). The molecule has 0 saturated heterocycles. The molecular formula is C20H28BrN7O3. The van der Waals surface area contributed by atoms with E-state index >= 15 is 0 Å². The van der Waals surface area contributed by atoms with Gasteiger partial charge in [-0.2, -0.15) is 4.68 Å². The van der Waals surface area contributed by atoms with Crippen LogP contribution in [0.4, 0.5) is 11.5 Å². The van der Waals surface area contributed by atoms with Gasteiger partial charge in [-0.25, -0.2) is 9.97 Å². The maximum Gasteiger partial charge on any atom is 0.189 e. The Hall–Kier alpha value is -2.50. The lowest BCUT2D eigenvalue weighted by Crippen LogP contribution is -2.32. The lowest BCUT2D eigenvalue weighted by atomic mass is 10.2. The lowest BCUT2D eigenvalue weighted by Gasteiger charge is -2.23. The molecule has 0 radical (unpaired) electrons. The first kappa shape index (κ1) is 23.2. The van der Waals surface area contributed by atoms with E-state index in [-0.39, 0.29) is 0 Å². The molecule has 2 aromatic heterocycles. The Morgan fingerprint density at radius 2 is 1.71 bits per heavy atom. The van der Waals surface area contributed by atoms with Crippen LogP contribution >= 0.6 is 15.9 Å². The van der Waals surface area contributed by atoms with Crippen molar-refractivity contribution in [1.29, 1.82) is 0 Å². The van der Waals surface area contributed by atoms with Gasteiger partial charge in [0.1, 0.15) is 17.3 Å². The van der Waals surface area contributed by atoms with Crippen LogP contribution in [0.2, 0.25) is 0 Å². The Balaban J connectivity index is 2.17. The molecule has 0 atom stereocenters. The summed E-state index contributed by atoms with van der Waals surface area (Å²) in [6, 6.07) is 3.95. The maximum atomic E-state index is 5.67. The molecule has 0 bridgehead atoms. The molecule has 0 saturated carbocycles. The van der Waals surface area contributed by atoms with Gasteiger partial charge >= 0.3 is 0 Å². The van der Waals surface area contributed by atoms with Gasteiger partial charge in [-0.05, 0) is 28.9 Å². The number of aryl methyl sites for hydroxylation is 1. The standard InChI is InChI=1S/C20H28BrN7O3/c1-13-22-19(27(7-9-29-4)8-10-30-5)17-20(23-13)28(25-24-17)18-15(21)11-14(26(2)3)12-16(18)31-6/h11-12H,7-10H2,1-6H3. The van der Waals surface area contributed by atoms with Crippen LogP contribution in [0.25, 0.3) is 16.9 Å². The van der Waals surface area contributed by atoms with Crippen LogP contribution in [-0.4, -0.2) is 86.7 Å². The van der Waals surface area contributed by atoms with E-state index in [0.717, 1.165) is 15.8 Å². The summed E-state index contributed by atoms with van der Waals surface area (Å²) >= 11 is 3.67.